The second-order valence-electron chi connectivity index (χ2n) is 5.59. The highest BCUT2D eigenvalue weighted by Gasteiger charge is 2.18. The quantitative estimate of drug-likeness (QED) is 0.691. The Hall–Kier alpha value is -3.12. The summed E-state index contributed by atoms with van der Waals surface area (Å²) in [5.74, 6) is 0.141. The predicted molar refractivity (Wildman–Crippen MR) is 105 cm³/mol. The number of ether oxygens (including phenoxy) is 1. The van der Waals surface area contributed by atoms with E-state index in [-0.39, 0.29) is 11.8 Å². The maximum Gasteiger partial charge on any atom is 0.258 e. The van der Waals surface area contributed by atoms with E-state index in [4.69, 9.17) is 4.74 Å². The van der Waals surface area contributed by atoms with E-state index in [0.717, 1.165) is 10.4 Å². The molecule has 0 radical (unpaired) electrons. The topological polar surface area (TPSA) is 67.4 Å². The van der Waals surface area contributed by atoms with Crippen LogP contribution in [-0.4, -0.2) is 18.9 Å². The number of hydrogen-bond donors (Lipinski definition) is 2. The van der Waals surface area contributed by atoms with Crippen LogP contribution in [0.5, 0.6) is 5.75 Å². The highest BCUT2D eigenvalue weighted by atomic mass is 32.1. The van der Waals surface area contributed by atoms with Crippen LogP contribution in [0.2, 0.25) is 0 Å². The van der Waals surface area contributed by atoms with Crippen LogP contribution in [-0.2, 0) is 4.79 Å². The Morgan fingerprint density at radius 1 is 0.962 bits per heavy atom. The van der Waals surface area contributed by atoms with Crippen LogP contribution < -0.4 is 15.4 Å². The molecule has 3 aromatic rings. The van der Waals surface area contributed by atoms with Crippen LogP contribution in [0, 0.1) is 0 Å². The van der Waals surface area contributed by atoms with Gasteiger partial charge in [-0.1, -0.05) is 36.4 Å². The Morgan fingerprint density at radius 3 is 2.42 bits per heavy atom. The van der Waals surface area contributed by atoms with Crippen molar-refractivity contribution in [2.45, 2.75) is 6.92 Å². The summed E-state index contributed by atoms with van der Waals surface area (Å²) in [6, 6.07) is 18.6. The molecule has 0 fully saturated rings. The lowest BCUT2D eigenvalue weighted by molar-refractivity contribution is -0.114. The lowest BCUT2D eigenvalue weighted by atomic mass is 10.1. The molecule has 0 spiro atoms. The minimum absolute atomic E-state index is 0.220. The van der Waals surface area contributed by atoms with Crippen LogP contribution in [0.25, 0.3) is 10.4 Å². The lowest BCUT2D eigenvalue weighted by Gasteiger charge is -2.07. The number of benzene rings is 2. The van der Waals surface area contributed by atoms with E-state index in [1.54, 1.807) is 37.4 Å². The van der Waals surface area contributed by atoms with E-state index in [2.05, 4.69) is 10.6 Å². The third-order valence-corrected chi connectivity index (χ3v) is 4.75. The molecule has 0 atom stereocenters. The molecule has 2 aromatic carbocycles. The Morgan fingerprint density at radius 2 is 1.73 bits per heavy atom. The number of hydrogen-bond acceptors (Lipinski definition) is 4. The van der Waals surface area contributed by atoms with Crippen molar-refractivity contribution in [3.05, 3.63) is 66.2 Å². The molecule has 2 amide bonds. The first-order chi connectivity index (χ1) is 12.6. The van der Waals surface area contributed by atoms with E-state index < -0.39 is 0 Å². The molecular formula is C20H18N2O3S. The van der Waals surface area contributed by atoms with Crippen LogP contribution in [0.3, 0.4) is 0 Å². The average molecular weight is 366 g/mol. The number of rotatable bonds is 5. The SMILES string of the molecule is COc1cccc(NC(=O)c2cc(-c3ccccc3)sc2NC(C)=O)c1. The third kappa shape index (κ3) is 4.10. The lowest BCUT2D eigenvalue weighted by Crippen LogP contribution is -2.14. The zero-order chi connectivity index (χ0) is 18.5. The zero-order valence-electron chi connectivity index (χ0n) is 14.4. The Balaban J connectivity index is 1.92. The fraction of sp³-hybridized carbons (Fsp3) is 0.100. The number of thiophene rings is 1. The molecule has 0 saturated carbocycles. The van der Waals surface area contributed by atoms with Gasteiger partial charge in [0.05, 0.1) is 12.7 Å². The van der Waals surface area contributed by atoms with Crippen LogP contribution in [0.1, 0.15) is 17.3 Å². The fourth-order valence-corrected chi connectivity index (χ4v) is 3.56. The van der Waals surface area contributed by atoms with Crippen LogP contribution in [0.4, 0.5) is 10.7 Å². The van der Waals surface area contributed by atoms with Crippen molar-refractivity contribution in [3.8, 4) is 16.2 Å². The molecule has 1 aromatic heterocycles. The van der Waals surface area contributed by atoms with Crippen molar-refractivity contribution in [1.82, 2.24) is 0 Å². The van der Waals surface area contributed by atoms with E-state index in [1.165, 1.54) is 18.3 Å². The summed E-state index contributed by atoms with van der Waals surface area (Å²) in [6.45, 7) is 1.42. The molecule has 0 aliphatic carbocycles. The smallest absolute Gasteiger partial charge is 0.258 e. The van der Waals surface area contributed by atoms with Gasteiger partial charge in [0.2, 0.25) is 5.91 Å². The summed E-state index contributed by atoms with van der Waals surface area (Å²) < 4.78 is 5.17. The molecule has 0 aliphatic heterocycles. The van der Waals surface area contributed by atoms with E-state index >= 15 is 0 Å². The minimum atomic E-state index is -0.291. The number of nitrogens with one attached hydrogen (secondary N) is 2. The van der Waals surface area contributed by atoms with E-state index in [1.807, 2.05) is 30.3 Å². The highest BCUT2D eigenvalue weighted by Crippen LogP contribution is 2.36. The summed E-state index contributed by atoms with van der Waals surface area (Å²) in [5, 5.41) is 6.12. The van der Waals surface area contributed by atoms with Gasteiger partial charge >= 0.3 is 0 Å². The number of methoxy groups -OCH3 is 1. The van der Waals surface area contributed by atoms with Gasteiger partial charge in [0.15, 0.2) is 0 Å². The highest BCUT2D eigenvalue weighted by molar-refractivity contribution is 7.20. The Kier molecular flexibility index (Phi) is 5.34. The zero-order valence-corrected chi connectivity index (χ0v) is 15.2. The van der Waals surface area contributed by atoms with Gasteiger partial charge in [0.1, 0.15) is 10.8 Å². The molecule has 0 bridgehead atoms. The molecule has 1 heterocycles. The molecule has 3 rings (SSSR count). The van der Waals surface area contributed by atoms with Crippen molar-refractivity contribution < 1.29 is 14.3 Å². The minimum Gasteiger partial charge on any atom is -0.497 e. The van der Waals surface area contributed by atoms with Crippen LogP contribution in [0.15, 0.2) is 60.7 Å². The molecule has 0 saturated heterocycles. The maximum atomic E-state index is 12.8. The fourth-order valence-electron chi connectivity index (χ4n) is 2.46. The van der Waals surface area contributed by atoms with Gasteiger partial charge in [0, 0.05) is 23.6 Å². The number of carbonyl (C=O) groups excluding carboxylic acids is 2. The second kappa shape index (κ2) is 7.84. The molecular weight excluding hydrogens is 348 g/mol. The van der Waals surface area contributed by atoms with E-state index in [0.29, 0.717) is 22.0 Å². The first-order valence-corrected chi connectivity index (χ1v) is 8.80. The van der Waals surface area contributed by atoms with Gasteiger partial charge < -0.3 is 15.4 Å². The molecule has 5 nitrogen and oxygen atoms in total. The molecule has 26 heavy (non-hydrogen) atoms. The van der Waals surface area contributed by atoms with Crippen molar-refractivity contribution in [2.24, 2.45) is 0 Å². The van der Waals surface area contributed by atoms with E-state index in [9.17, 15) is 9.59 Å². The van der Waals surface area contributed by atoms with Gasteiger partial charge in [-0.15, -0.1) is 11.3 Å². The Bertz CT molecular complexity index is 935. The van der Waals surface area contributed by atoms with Gasteiger partial charge in [-0.25, -0.2) is 0 Å². The predicted octanol–water partition coefficient (Wildman–Crippen LogP) is 4.63. The van der Waals surface area contributed by atoms with Crippen molar-refractivity contribution in [2.75, 3.05) is 17.7 Å². The summed E-state index contributed by atoms with van der Waals surface area (Å²) in [7, 11) is 1.57. The summed E-state index contributed by atoms with van der Waals surface area (Å²) in [6.07, 6.45) is 0. The standard InChI is InChI=1S/C20H18N2O3S/c1-13(23)21-20-17(12-18(26-20)14-7-4-3-5-8-14)19(24)22-15-9-6-10-16(11-15)25-2/h3-12H,1-2H3,(H,21,23)(H,22,24). The van der Waals surface area contributed by atoms with Gasteiger partial charge in [0.25, 0.3) is 5.91 Å². The monoisotopic (exact) mass is 366 g/mol. The number of carbonyl (C=O) groups is 2. The largest absolute Gasteiger partial charge is 0.497 e. The second-order valence-corrected chi connectivity index (χ2v) is 6.64. The molecule has 0 aliphatic rings. The summed E-state index contributed by atoms with van der Waals surface area (Å²) >= 11 is 1.37. The van der Waals surface area contributed by atoms with Gasteiger partial charge in [-0.3, -0.25) is 9.59 Å². The molecule has 132 valence electrons. The molecule has 2 N–H and O–H groups in total. The number of anilines is 2. The van der Waals surface area contributed by atoms with Crippen LogP contribution >= 0.6 is 11.3 Å². The van der Waals surface area contributed by atoms with Gasteiger partial charge in [-0.05, 0) is 23.8 Å². The molecule has 6 heteroatoms. The third-order valence-electron chi connectivity index (χ3n) is 3.65. The molecule has 0 unspecified atom stereocenters. The normalized spacial score (nSPS) is 10.2. The number of amides is 2. The van der Waals surface area contributed by atoms with Crippen molar-refractivity contribution >= 4 is 33.8 Å². The van der Waals surface area contributed by atoms with Crippen molar-refractivity contribution in [1.29, 1.82) is 0 Å². The Labute approximate surface area is 155 Å². The summed E-state index contributed by atoms with van der Waals surface area (Å²) in [4.78, 5) is 25.2. The summed E-state index contributed by atoms with van der Waals surface area (Å²) in [5.41, 5.74) is 2.03. The average Bonchev–Trinajstić information content (AvgIpc) is 3.06. The van der Waals surface area contributed by atoms with Gasteiger partial charge in [-0.2, -0.15) is 0 Å². The first-order valence-electron chi connectivity index (χ1n) is 7.99. The van der Waals surface area contributed by atoms with Crippen molar-refractivity contribution in [3.63, 3.8) is 0 Å². The maximum absolute atomic E-state index is 12.8. The first kappa shape index (κ1) is 17.7.